The standard InChI is InChI=1S/C19H25N3OS/c1-22(2)18(16-7-5-4-6-8-16)14-21-19(24)20-13-15-9-11-17(23-3)12-10-15/h4-12,18H,13-14H2,1-3H3,(H2,20,21,24)/t18-/m0/s1. The maximum atomic E-state index is 5.39. The first kappa shape index (κ1) is 18.2. The van der Waals surface area contributed by atoms with Gasteiger partial charge in [0.15, 0.2) is 5.11 Å². The Morgan fingerprint density at radius 2 is 1.71 bits per heavy atom. The largest absolute Gasteiger partial charge is 0.497 e. The molecule has 2 rings (SSSR count). The van der Waals surface area contributed by atoms with E-state index in [2.05, 4.69) is 53.9 Å². The summed E-state index contributed by atoms with van der Waals surface area (Å²) in [6.45, 7) is 1.44. The second kappa shape index (κ2) is 9.25. The molecule has 4 nitrogen and oxygen atoms in total. The van der Waals surface area contributed by atoms with Crippen LogP contribution in [0.3, 0.4) is 0 Å². The Balaban J connectivity index is 1.82. The lowest BCUT2D eigenvalue weighted by Crippen LogP contribution is -2.40. The number of thiocarbonyl (C=S) groups is 1. The molecule has 2 N–H and O–H groups in total. The molecule has 0 fully saturated rings. The van der Waals surface area contributed by atoms with E-state index in [4.69, 9.17) is 17.0 Å². The lowest BCUT2D eigenvalue weighted by Gasteiger charge is -2.25. The summed E-state index contributed by atoms with van der Waals surface area (Å²) in [7, 11) is 5.82. The molecule has 0 unspecified atom stereocenters. The van der Waals surface area contributed by atoms with Crippen molar-refractivity contribution in [1.82, 2.24) is 15.5 Å². The highest BCUT2D eigenvalue weighted by Gasteiger charge is 2.13. The minimum Gasteiger partial charge on any atom is -0.497 e. The number of ether oxygens (including phenoxy) is 1. The summed E-state index contributed by atoms with van der Waals surface area (Å²) in [6.07, 6.45) is 0. The van der Waals surface area contributed by atoms with Crippen LogP contribution in [0.1, 0.15) is 17.2 Å². The van der Waals surface area contributed by atoms with Crippen molar-refractivity contribution in [3.8, 4) is 5.75 Å². The van der Waals surface area contributed by atoms with Crippen LogP contribution in [0, 0.1) is 0 Å². The highest BCUT2D eigenvalue weighted by atomic mass is 32.1. The fourth-order valence-electron chi connectivity index (χ4n) is 2.45. The molecule has 0 aliphatic heterocycles. The number of hydrogen-bond acceptors (Lipinski definition) is 3. The van der Waals surface area contributed by atoms with Crippen molar-refractivity contribution in [1.29, 1.82) is 0 Å². The Morgan fingerprint density at radius 3 is 2.29 bits per heavy atom. The number of likely N-dealkylation sites (N-methyl/N-ethyl adjacent to an activating group) is 1. The summed E-state index contributed by atoms with van der Waals surface area (Å²) in [5.41, 5.74) is 2.43. The number of nitrogens with one attached hydrogen (secondary N) is 2. The summed E-state index contributed by atoms with van der Waals surface area (Å²) in [5.74, 6) is 0.858. The fraction of sp³-hybridized carbons (Fsp3) is 0.316. The SMILES string of the molecule is COc1ccc(CNC(=S)NC[C@@H](c2ccccc2)N(C)C)cc1. The van der Waals surface area contributed by atoms with Gasteiger partial charge < -0.3 is 20.3 Å². The molecular weight excluding hydrogens is 318 g/mol. The highest BCUT2D eigenvalue weighted by Crippen LogP contribution is 2.16. The molecule has 0 aliphatic carbocycles. The zero-order valence-corrected chi connectivity index (χ0v) is 15.3. The minimum atomic E-state index is 0.270. The van der Waals surface area contributed by atoms with Gasteiger partial charge in [-0.3, -0.25) is 0 Å². The average molecular weight is 343 g/mol. The number of nitrogens with zero attached hydrogens (tertiary/aromatic N) is 1. The minimum absolute atomic E-state index is 0.270. The van der Waals surface area contributed by atoms with Crippen molar-refractivity contribution < 1.29 is 4.74 Å². The van der Waals surface area contributed by atoms with E-state index in [0.29, 0.717) is 11.7 Å². The molecule has 0 radical (unpaired) electrons. The molecule has 0 bridgehead atoms. The van der Waals surface area contributed by atoms with Crippen molar-refractivity contribution in [2.45, 2.75) is 12.6 Å². The lowest BCUT2D eigenvalue weighted by molar-refractivity contribution is 0.298. The van der Waals surface area contributed by atoms with Crippen molar-refractivity contribution >= 4 is 17.3 Å². The maximum Gasteiger partial charge on any atom is 0.166 e. The smallest absolute Gasteiger partial charge is 0.166 e. The van der Waals surface area contributed by atoms with E-state index in [1.165, 1.54) is 5.56 Å². The molecule has 0 aromatic heterocycles. The third kappa shape index (κ3) is 5.51. The van der Waals surface area contributed by atoms with E-state index >= 15 is 0 Å². The number of hydrogen-bond donors (Lipinski definition) is 2. The molecule has 0 saturated heterocycles. The Hall–Kier alpha value is -2.11. The maximum absolute atomic E-state index is 5.39. The van der Waals surface area contributed by atoms with Crippen molar-refractivity contribution in [3.63, 3.8) is 0 Å². The summed E-state index contributed by atoms with van der Waals surface area (Å²) >= 11 is 5.39. The molecule has 5 heteroatoms. The van der Waals surface area contributed by atoms with Crippen LogP contribution >= 0.6 is 12.2 Å². The monoisotopic (exact) mass is 343 g/mol. The summed E-state index contributed by atoms with van der Waals surface area (Å²) in [4.78, 5) is 2.19. The second-order valence-corrected chi connectivity index (χ2v) is 6.21. The number of methoxy groups -OCH3 is 1. The van der Waals surface area contributed by atoms with Gasteiger partial charge in [0.2, 0.25) is 0 Å². The molecule has 2 aromatic rings. The predicted molar refractivity (Wildman–Crippen MR) is 103 cm³/mol. The molecule has 0 spiro atoms. The van der Waals surface area contributed by atoms with Gasteiger partial charge in [0.25, 0.3) is 0 Å². The van der Waals surface area contributed by atoms with Crippen LogP contribution in [0.25, 0.3) is 0 Å². The molecule has 2 aromatic carbocycles. The van der Waals surface area contributed by atoms with Gasteiger partial charge in [0, 0.05) is 13.1 Å². The summed E-state index contributed by atoms with van der Waals surface area (Å²) < 4.78 is 5.16. The van der Waals surface area contributed by atoms with E-state index in [1.54, 1.807) is 7.11 Å². The first-order chi connectivity index (χ1) is 11.6. The Labute approximate surface area is 149 Å². The van der Waals surface area contributed by atoms with Crippen molar-refractivity contribution in [2.75, 3.05) is 27.7 Å². The molecule has 0 saturated carbocycles. The zero-order chi connectivity index (χ0) is 17.4. The zero-order valence-electron chi connectivity index (χ0n) is 14.5. The van der Waals surface area contributed by atoms with Crippen LogP contribution in [0.15, 0.2) is 54.6 Å². The van der Waals surface area contributed by atoms with Crippen LogP contribution in [-0.4, -0.2) is 37.8 Å². The van der Waals surface area contributed by atoms with Crippen LogP contribution < -0.4 is 15.4 Å². The van der Waals surface area contributed by atoms with Gasteiger partial charge >= 0.3 is 0 Å². The normalized spacial score (nSPS) is 11.8. The first-order valence-electron chi connectivity index (χ1n) is 7.96. The molecule has 0 heterocycles. The van der Waals surface area contributed by atoms with Crippen molar-refractivity contribution in [3.05, 3.63) is 65.7 Å². The van der Waals surface area contributed by atoms with Gasteiger partial charge in [-0.2, -0.15) is 0 Å². The van der Waals surface area contributed by atoms with Gasteiger partial charge in [-0.15, -0.1) is 0 Å². The van der Waals surface area contributed by atoms with Gasteiger partial charge in [-0.25, -0.2) is 0 Å². The van der Waals surface area contributed by atoms with E-state index < -0.39 is 0 Å². The number of rotatable bonds is 7. The molecule has 1 atom stereocenters. The van der Waals surface area contributed by atoms with Crippen molar-refractivity contribution in [2.24, 2.45) is 0 Å². The summed E-state index contributed by atoms with van der Waals surface area (Å²) in [5, 5.41) is 7.21. The summed E-state index contributed by atoms with van der Waals surface area (Å²) in [6, 6.07) is 18.7. The molecule has 0 aliphatic rings. The Kier molecular flexibility index (Phi) is 7.03. The fourth-order valence-corrected chi connectivity index (χ4v) is 2.61. The van der Waals surface area contributed by atoms with E-state index in [0.717, 1.165) is 17.9 Å². The first-order valence-corrected chi connectivity index (χ1v) is 8.37. The Bertz CT molecular complexity index is 629. The van der Waals surface area contributed by atoms with Gasteiger partial charge in [0.1, 0.15) is 5.75 Å². The molecular formula is C19H25N3OS. The van der Waals surface area contributed by atoms with Gasteiger partial charge in [-0.1, -0.05) is 42.5 Å². The highest BCUT2D eigenvalue weighted by molar-refractivity contribution is 7.80. The quantitative estimate of drug-likeness (QED) is 0.756. The van der Waals surface area contributed by atoms with Gasteiger partial charge in [-0.05, 0) is 49.6 Å². The molecule has 24 heavy (non-hydrogen) atoms. The topological polar surface area (TPSA) is 36.5 Å². The second-order valence-electron chi connectivity index (χ2n) is 5.80. The van der Waals surface area contributed by atoms with Crippen LogP contribution in [0.4, 0.5) is 0 Å². The van der Waals surface area contributed by atoms with Crippen LogP contribution in [-0.2, 0) is 6.54 Å². The lowest BCUT2D eigenvalue weighted by atomic mass is 10.1. The molecule has 0 amide bonds. The number of benzene rings is 2. The van der Waals surface area contributed by atoms with E-state index in [-0.39, 0.29) is 6.04 Å². The molecule has 128 valence electrons. The van der Waals surface area contributed by atoms with Crippen LogP contribution in [0.2, 0.25) is 0 Å². The Morgan fingerprint density at radius 1 is 1.04 bits per heavy atom. The van der Waals surface area contributed by atoms with Gasteiger partial charge in [0.05, 0.1) is 13.2 Å². The predicted octanol–water partition coefficient (Wildman–Crippen LogP) is 2.96. The van der Waals surface area contributed by atoms with Crippen LogP contribution in [0.5, 0.6) is 5.75 Å². The van der Waals surface area contributed by atoms with E-state index in [9.17, 15) is 0 Å². The third-order valence-electron chi connectivity index (χ3n) is 3.88. The average Bonchev–Trinajstić information content (AvgIpc) is 2.61. The third-order valence-corrected chi connectivity index (χ3v) is 4.16. The van der Waals surface area contributed by atoms with E-state index in [1.807, 2.05) is 30.3 Å².